The van der Waals surface area contributed by atoms with E-state index < -0.39 is 0 Å². The van der Waals surface area contributed by atoms with Gasteiger partial charge in [-0.1, -0.05) is 42.8 Å². The second-order valence-corrected chi connectivity index (χ2v) is 6.66. The zero-order chi connectivity index (χ0) is 19.8. The Bertz CT molecular complexity index is 885. The van der Waals surface area contributed by atoms with Crippen molar-refractivity contribution in [3.8, 4) is 23.0 Å². The Balaban J connectivity index is 1.60. The number of hydrogen-bond acceptors (Lipinski definition) is 6. The van der Waals surface area contributed by atoms with Gasteiger partial charge in [-0.2, -0.15) is 0 Å². The van der Waals surface area contributed by atoms with E-state index in [4.69, 9.17) is 25.5 Å². The van der Waals surface area contributed by atoms with Crippen LogP contribution < -0.4 is 9.47 Å². The Morgan fingerprint density at radius 2 is 1.75 bits per heavy atom. The van der Waals surface area contributed by atoms with Gasteiger partial charge in [0, 0.05) is 6.54 Å². The molecule has 3 rings (SSSR count). The summed E-state index contributed by atoms with van der Waals surface area (Å²) in [6, 6.07) is 15.1. The first kappa shape index (κ1) is 20.2. The van der Waals surface area contributed by atoms with E-state index in [2.05, 4.69) is 22.0 Å². The summed E-state index contributed by atoms with van der Waals surface area (Å²) in [6.07, 6.45) is 1.01. The number of rotatable bonds is 10. The minimum absolute atomic E-state index is 0.433. The van der Waals surface area contributed by atoms with Crippen LogP contribution in [0.5, 0.6) is 11.5 Å². The maximum atomic E-state index is 6.21. The molecule has 1 aromatic heterocycles. The molecule has 28 heavy (non-hydrogen) atoms. The van der Waals surface area contributed by atoms with Crippen LogP contribution in [-0.4, -0.2) is 41.9 Å². The molecule has 0 bridgehead atoms. The van der Waals surface area contributed by atoms with E-state index in [0.717, 1.165) is 36.6 Å². The van der Waals surface area contributed by atoms with E-state index in [1.807, 2.05) is 42.5 Å². The quantitative estimate of drug-likeness (QED) is 0.491. The third kappa shape index (κ3) is 5.24. The van der Waals surface area contributed by atoms with Crippen molar-refractivity contribution in [2.45, 2.75) is 19.9 Å². The highest BCUT2D eigenvalue weighted by molar-refractivity contribution is 6.33. The number of ether oxygens (including phenoxy) is 2. The molecule has 0 saturated carbocycles. The van der Waals surface area contributed by atoms with Crippen molar-refractivity contribution in [1.29, 1.82) is 0 Å². The van der Waals surface area contributed by atoms with Crippen LogP contribution in [0.1, 0.15) is 19.2 Å². The van der Waals surface area contributed by atoms with Gasteiger partial charge in [0.1, 0.15) is 6.61 Å². The van der Waals surface area contributed by atoms with Gasteiger partial charge in [0.25, 0.3) is 0 Å². The molecule has 0 aliphatic rings. The Labute approximate surface area is 170 Å². The summed E-state index contributed by atoms with van der Waals surface area (Å²) < 4.78 is 17.0. The van der Waals surface area contributed by atoms with Gasteiger partial charge in [-0.15, -0.1) is 10.2 Å². The van der Waals surface area contributed by atoms with Gasteiger partial charge in [0.15, 0.2) is 11.5 Å². The fourth-order valence-electron chi connectivity index (χ4n) is 2.86. The summed E-state index contributed by atoms with van der Waals surface area (Å²) in [5, 5.41) is 8.90. The minimum atomic E-state index is 0.433. The van der Waals surface area contributed by atoms with Crippen molar-refractivity contribution in [3.05, 3.63) is 59.4 Å². The SMILES string of the molecule is CCCN(CCOc1ccccc1OC)Cc1nnc(-c2ccccc2Cl)o1. The van der Waals surface area contributed by atoms with E-state index >= 15 is 0 Å². The standard InChI is InChI=1S/C21H24ClN3O3/c1-3-12-25(13-14-27-19-11-7-6-10-18(19)26-2)15-20-23-24-21(28-20)16-8-4-5-9-17(16)22/h4-11H,3,12-15H2,1-2H3. The fraction of sp³-hybridized carbons (Fsp3) is 0.333. The van der Waals surface area contributed by atoms with Crippen LogP contribution in [0.25, 0.3) is 11.5 Å². The number of nitrogens with zero attached hydrogens (tertiary/aromatic N) is 3. The van der Waals surface area contributed by atoms with E-state index in [1.165, 1.54) is 0 Å². The van der Waals surface area contributed by atoms with Crippen molar-refractivity contribution in [1.82, 2.24) is 15.1 Å². The van der Waals surface area contributed by atoms with E-state index in [1.54, 1.807) is 13.2 Å². The molecule has 3 aromatic rings. The number of para-hydroxylation sites is 2. The molecule has 0 atom stereocenters. The molecule has 0 aliphatic carbocycles. The van der Waals surface area contributed by atoms with Gasteiger partial charge in [-0.3, -0.25) is 4.90 Å². The first-order chi connectivity index (χ1) is 13.7. The van der Waals surface area contributed by atoms with Gasteiger partial charge in [-0.05, 0) is 37.2 Å². The smallest absolute Gasteiger partial charge is 0.249 e. The molecule has 1 heterocycles. The van der Waals surface area contributed by atoms with E-state index in [0.29, 0.717) is 30.0 Å². The highest BCUT2D eigenvalue weighted by atomic mass is 35.5. The maximum Gasteiger partial charge on any atom is 0.249 e. The number of halogens is 1. The molecule has 0 unspecified atom stereocenters. The largest absolute Gasteiger partial charge is 0.493 e. The Morgan fingerprint density at radius 1 is 1.00 bits per heavy atom. The van der Waals surface area contributed by atoms with E-state index in [-0.39, 0.29) is 0 Å². The minimum Gasteiger partial charge on any atom is -0.493 e. The highest BCUT2D eigenvalue weighted by Gasteiger charge is 2.14. The number of aromatic nitrogens is 2. The van der Waals surface area contributed by atoms with Crippen LogP contribution in [0.2, 0.25) is 5.02 Å². The maximum absolute atomic E-state index is 6.21. The molecular weight excluding hydrogens is 378 g/mol. The lowest BCUT2D eigenvalue weighted by atomic mass is 10.2. The lowest BCUT2D eigenvalue weighted by Gasteiger charge is -2.20. The molecule has 0 aliphatic heterocycles. The molecule has 148 valence electrons. The lowest BCUT2D eigenvalue weighted by Crippen LogP contribution is -2.29. The molecule has 7 heteroatoms. The molecule has 0 N–H and O–H groups in total. The average molecular weight is 402 g/mol. The van der Waals surface area contributed by atoms with Gasteiger partial charge >= 0.3 is 0 Å². The fourth-order valence-corrected chi connectivity index (χ4v) is 3.08. The third-order valence-corrected chi connectivity index (χ3v) is 4.53. The molecule has 0 amide bonds. The molecule has 0 fully saturated rings. The van der Waals surface area contributed by atoms with Crippen LogP contribution in [-0.2, 0) is 6.54 Å². The number of methoxy groups -OCH3 is 1. The Hall–Kier alpha value is -2.57. The summed E-state index contributed by atoms with van der Waals surface area (Å²) in [7, 11) is 1.64. The van der Waals surface area contributed by atoms with Gasteiger partial charge in [-0.25, -0.2) is 0 Å². The van der Waals surface area contributed by atoms with Crippen molar-refractivity contribution in [3.63, 3.8) is 0 Å². The average Bonchev–Trinajstić information content (AvgIpc) is 3.17. The molecule has 0 spiro atoms. The first-order valence-electron chi connectivity index (χ1n) is 9.26. The van der Waals surface area contributed by atoms with Crippen LogP contribution >= 0.6 is 11.6 Å². The van der Waals surface area contributed by atoms with Crippen LogP contribution in [0, 0.1) is 0 Å². The number of benzene rings is 2. The third-order valence-electron chi connectivity index (χ3n) is 4.20. The topological polar surface area (TPSA) is 60.6 Å². The van der Waals surface area contributed by atoms with Crippen molar-refractivity contribution in [2.75, 3.05) is 26.8 Å². The number of hydrogen-bond donors (Lipinski definition) is 0. The Kier molecular flexibility index (Phi) is 7.28. The summed E-state index contributed by atoms with van der Waals surface area (Å²) in [5.74, 6) is 2.45. The normalized spacial score (nSPS) is 11.0. The summed E-state index contributed by atoms with van der Waals surface area (Å²) >= 11 is 6.21. The summed E-state index contributed by atoms with van der Waals surface area (Å²) in [5.41, 5.74) is 0.740. The van der Waals surface area contributed by atoms with Crippen LogP contribution in [0.3, 0.4) is 0 Å². The highest BCUT2D eigenvalue weighted by Crippen LogP contribution is 2.27. The summed E-state index contributed by atoms with van der Waals surface area (Å²) in [4.78, 5) is 2.22. The lowest BCUT2D eigenvalue weighted by molar-refractivity contribution is 0.186. The second-order valence-electron chi connectivity index (χ2n) is 6.26. The monoisotopic (exact) mass is 401 g/mol. The predicted octanol–water partition coefficient (Wildman–Crippen LogP) is 4.69. The second kappa shape index (κ2) is 10.1. The molecule has 0 radical (unpaired) electrons. The Morgan fingerprint density at radius 3 is 2.50 bits per heavy atom. The van der Waals surface area contributed by atoms with Crippen molar-refractivity contribution in [2.24, 2.45) is 0 Å². The summed E-state index contributed by atoms with van der Waals surface area (Å²) in [6.45, 7) is 4.86. The molecule has 6 nitrogen and oxygen atoms in total. The van der Waals surface area contributed by atoms with Gasteiger partial charge in [0.2, 0.25) is 11.8 Å². The van der Waals surface area contributed by atoms with Crippen LogP contribution in [0.4, 0.5) is 0 Å². The van der Waals surface area contributed by atoms with Gasteiger partial charge < -0.3 is 13.9 Å². The van der Waals surface area contributed by atoms with Gasteiger partial charge in [0.05, 0.1) is 24.2 Å². The zero-order valence-corrected chi connectivity index (χ0v) is 16.9. The molecule has 0 saturated heterocycles. The van der Waals surface area contributed by atoms with Crippen molar-refractivity contribution >= 4 is 11.6 Å². The van der Waals surface area contributed by atoms with Crippen LogP contribution in [0.15, 0.2) is 52.9 Å². The molecular formula is C21H24ClN3O3. The van der Waals surface area contributed by atoms with E-state index in [9.17, 15) is 0 Å². The predicted molar refractivity (Wildman–Crippen MR) is 109 cm³/mol. The first-order valence-corrected chi connectivity index (χ1v) is 9.64. The zero-order valence-electron chi connectivity index (χ0n) is 16.1. The van der Waals surface area contributed by atoms with Crippen molar-refractivity contribution < 1.29 is 13.9 Å². The molecule has 2 aromatic carbocycles.